The van der Waals surface area contributed by atoms with Gasteiger partial charge in [-0.3, -0.25) is 9.88 Å². The molecule has 8 heteroatoms. The van der Waals surface area contributed by atoms with E-state index in [4.69, 9.17) is 10.3 Å². The van der Waals surface area contributed by atoms with Crippen molar-refractivity contribution in [2.75, 3.05) is 0 Å². The molecule has 0 amide bonds. The summed E-state index contributed by atoms with van der Waals surface area (Å²) in [6.07, 6.45) is 1.81. The average Bonchev–Trinajstić information content (AvgIpc) is 3.03. The molecule has 3 aromatic rings. The Hall–Kier alpha value is -1.99. The second-order valence-electron chi connectivity index (χ2n) is 5.76. The first-order chi connectivity index (χ1) is 11.7. The van der Waals surface area contributed by atoms with Crippen molar-refractivity contribution in [1.29, 1.82) is 0 Å². The molecule has 0 aliphatic carbocycles. The lowest BCUT2D eigenvalue weighted by molar-refractivity contribution is 0.234. The number of benzene rings is 1. The lowest BCUT2D eigenvalue weighted by Gasteiger charge is -2.20. The number of nitrogens with two attached hydrogens (primary N) is 1. The second kappa shape index (κ2) is 10.9. The number of halogens is 2. The Balaban J connectivity index is 0.00000169. The van der Waals surface area contributed by atoms with Crippen LogP contribution in [-0.4, -0.2) is 20.0 Å². The van der Waals surface area contributed by atoms with Gasteiger partial charge in [0.15, 0.2) is 5.82 Å². The summed E-state index contributed by atoms with van der Waals surface area (Å²) in [7, 11) is 0. The molecule has 1 aromatic carbocycles. The third-order valence-corrected chi connectivity index (χ3v) is 3.65. The number of aromatic nitrogens is 3. The summed E-state index contributed by atoms with van der Waals surface area (Å²) in [6, 6.07) is 14.4. The maximum atomic E-state index is 5.54. The zero-order valence-electron chi connectivity index (χ0n) is 14.5. The van der Waals surface area contributed by atoms with Gasteiger partial charge in [-0.15, -0.1) is 24.8 Å². The monoisotopic (exact) mass is 395 g/mol. The van der Waals surface area contributed by atoms with Crippen molar-refractivity contribution in [1.82, 2.24) is 20.0 Å². The maximum absolute atomic E-state index is 5.54. The van der Waals surface area contributed by atoms with Crippen LogP contribution in [0.25, 0.3) is 0 Å². The van der Waals surface area contributed by atoms with Crippen molar-refractivity contribution in [3.63, 3.8) is 0 Å². The normalized spacial score (nSPS) is 10.3. The first-order valence-corrected chi connectivity index (χ1v) is 7.92. The summed E-state index contributed by atoms with van der Waals surface area (Å²) in [5, 5.41) is 4.00. The van der Waals surface area contributed by atoms with E-state index in [9.17, 15) is 0 Å². The van der Waals surface area contributed by atoms with Crippen LogP contribution in [0.1, 0.15) is 28.5 Å². The van der Waals surface area contributed by atoms with Gasteiger partial charge >= 0.3 is 0 Å². The fourth-order valence-corrected chi connectivity index (χ4v) is 2.59. The highest BCUT2D eigenvalue weighted by atomic mass is 35.5. The Labute approximate surface area is 165 Å². The van der Waals surface area contributed by atoms with E-state index >= 15 is 0 Å². The van der Waals surface area contributed by atoms with Gasteiger partial charge in [0.1, 0.15) is 0 Å². The van der Waals surface area contributed by atoms with E-state index in [0.717, 1.165) is 12.2 Å². The Morgan fingerprint density at radius 1 is 1.04 bits per heavy atom. The van der Waals surface area contributed by atoms with Crippen molar-refractivity contribution in [3.8, 4) is 0 Å². The van der Waals surface area contributed by atoms with E-state index in [1.54, 1.807) is 6.20 Å². The number of nitrogens with zero attached hydrogens (tertiary/aromatic N) is 4. The van der Waals surface area contributed by atoms with Gasteiger partial charge in [0.25, 0.3) is 0 Å². The molecular weight excluding hydrogens is 373 g/mol. The minimum Gasteiger partial charge on any atom is -0.338 e. The SMILES string of the molecule is Cc1cccc(CN(Cc2ccccn2)Cc2noc(CN)n2)c1.Cl.Cl. The molecule has 26 heavy (non-hydrogen) atoms. The van der Waals surface area contributed by atoms with E-state index in [1.165, 1.54) is 11.1 Å². The summed E-state index contributed by atoms with van der Waals surface area (Å²) in [5.74, 6) is 1.09. The van der Waals surface area contributed by atoms with E-state index < -0.39 is 0 Å². The van der Waals surface area contributed by atoms with Gasteiger partial charge in [0, 0.05) is 19.3 Å². The molecular formula is C18H23Cl2N5O. The first kappa shape index (κ1) is 22.1. The molecule has 0 saturated heterocycles. The highest BCUT2D eigenvalue weighted by Crippen LogP contribution is 2.13. The molecule has 2 N–H and O–H groups in total. The van der Waals surface area contributed by atoms with Crippen molar-refractivity contribution in [2.45, 2.75) is 33.1 Å². The molecule has 0 saturated carbocycles. The molecule has 2 heterocycles. The van der Waals surface area contributed by atoms with Crippen LogP contribution in [0.4, 0.5) is 0 Å². The quantitative estimate of drug-likeness (QED) is 0.660. The fraction of sp³-hybridized carbons (Fsp3) is 0.278. The third-order valence-electron chi connectivity index (χ3n) is 3.65. The van der Waals surface area contributed by atoms with Crippen LogP contribution < -0.4 is 5.73 Å². The average molecular weight is 396 g/mol. The minimum absolute atomic E-state index is 0. The van der Waals surface area contributed by atoms with Gasteiger partial charge < -0.3 is 10.3 Å². The topological polar surface area (TPSA) is 81.1 Å². The van der Waals surface area contributed by atoms with Gasteiger partial charge in [-0.2, -0.15) is 4.98 Å². The summed E-state index contributed by atoms with van der Waals surface area (Å²) < 4.78 is 5.11. The number of hydrogen-bond acceptors (Lipinski definition) is 6. The van der Waals surface area contributed by atoms with E-state index in [1.807, 2.05) is 18.2 Å². The van der Waals surface area contributed by atoms with Crippen LogP contribution in [0.15, 0.2) is 53.2 Å². The van der Waals surface area contributed by atoms with Gasteiger partial charge in [0.2, 0.25) is 5.89 Å². The van der Waals surface area contributed by atoms with E-state index in [-0.39, 0.29) is 31.4 Å². The van der Waals surface area contributed by atoms with Crippen molar-refractivity contribution < 1.29 is 4.52 Å². The molecule has 6 nitrogen and oxygen atoms in total. The minimum atomic E-state index is 0. The molecule has 0 bridgehead atoms. The highest BCUT2D eigenvalue weighted by molar-refractivity contribution is 5.85. The largest absolute Gasteiger partial charge is 0.338 e. The Morgan fingerprint density at radius 2 is 1.88 bits per heavy atom. The smallest absolute Gasteiger partial charge is 0.240 e. The Morgan fingerprint density at radius 3 is 2.54 bits per heavy atom. The molecule has 3 rings (SSSR count). The van der Waals surface area contributed by atoms with Crippen LogP contribution in [0.2, 0.25) is 0 Å². The standard InChI is InChI=1S/C18H21N5O.2ClH/c1-14-5-4-6-15(9-14)11-23(12-16-7-2-3-8-20-16)13-17-21-18(10-19)24-22-17;;/h2-9H,10-13,19H2,1H3;2*1H. The zero-order chi connectivity index (χ0) is 16.8. The first-order valence-electron chi connectivity index (χ1n) is 7.92. The van der Waals surface area contributed by atoms with Crippen LogP contribution in [0.3, 0.4) is 0 Å². The van der Waals surface area contributed by atoms with Crippen LogP contribution in [-0.2, 0) is 26.2 Å². The van der Waals surface area contributed by atoms with E-state index in [0.29, 0.717) is 24.8 Å². The predicted octanol–water partition coefficient (Wildman–Crippen LogP) is 3.28. The lowest BCUT2D eigenvalue weighted by Crippen LogP contribution is -2.23. The molecule has 0 aliphatic rings. The van der Waals surface area contributed by atoms with Crippen molar-refractivity contribution in [3.05, 3.63) is 77.2 Å². The molecule has 0 unspecified atom stereocenters. The molecule has 0 atom stereocenters. The number of pyridine rings is 1. The Bertz CT molecular complexity index is 782. The van der Waals surface area contributed by atoms with Crippen molar-refractivity contribution >= 4 is 24.8 Å². The fourth-order valence-electron chi connectivity index (χ4n) is 2.59. The summed E-state index contributed by atoms with van der Waals surface area (Å²) in [4.78, 5) is 11.0. The number of hydrogen-bond donors (Lipinski definition) is 1. The molecule has 0 aliphatic heterocycles. The summed E-state index contributed by atoms with van der Waals surface area (Å²) in [6.45, 7) is 4.42. The molecule has 0 spiro atoms. The van der Waals surface area contributed by atoms with Gasteiger partial charge in [-0.1, -0.05) is 41.1 Å². The summed E-state index contributed by atoms with van der Waals surface area (Å²) >= 11 is 0. The lowest BCUT2D eigenvalue weighted by atomic mass is 10.1. The van der Waals surface area contributed by atoms with Gasteiger partial charge in [-0.25, -0.2) is 0 Å². The van der Waals surface area contributed by atoms with Crippen LogP contribution >= 0.6 is 24.8 Å². The van der Waals surface area contributed by atoms with Crippen molar-refractivity contribution in [2.24, 2.45) is 5.73 Å². The van der Waals surface area contributed by atoms with E-state index in [2.05, 4.69) is 51.2 Å². The van der Waals surface area contributed by atoms with Crippen LogP contribution in [0, 0.1) is 6.92 Å². The molecule has 0 fully saturated rings. The predicted molar refractivity (Wildman–Crippen MR) is 105 cm³/mol. The third kappa shape index (κ3) is 6.38. The van der Waals surface area contributed by atoms with Crippen LogP contribution in [0.5, 0.6) is 0 Å². The molecule has 140 valence electrons. The summed E-state index contributed by atoms with van der Waals surface area (Å²) in [5.41, 5.74) is 9.03. The second-order valence-corrected chi connectivity index (χ2v) is 5.76. The molecule has 2 aromatic heterocycles. The maximum Gasteiger partial charge on any atom is 0.240 e. The number of aryl methyl sites for hydroxylation is 1. The Kier molecular flexibility index (Phi) is 9.23. The number of rotatable bonds is 7. The molecule has 0 radical (unpaired) electrons. The zero-order valence-corrected chi connectivity index (χ0v) is 16.2. The van der Waals surface area contributed by atoms with Gasteiger partial charge in [0.05, 0.1) is 18.8 Å². The van der Waals surface area contributed by atoms with Gasteiger partial charge in [-0.05, 0) is 24.6 Å². The highest BCUT2D eigenvalue weighted by Gasteiger charge is 2.13.